The van der Waals surface area contributed by atoms with Gasteiger partial charge in [-0.1, -0.05) is 6.07 Å². The zero-order chi connectivity index (χ0) is 24.6. The Kier molecular flexibility index (Phi) is 6.08. The van der Waals surface area contributed by atoms with Crippen LogP contribution in [0.25, 0.3) is 11.3 Å². The molecule has 0 unspecified atom stereocenters. The van der Waals surface area contributed by atoms with Crippen LogP contribution >= 0.6 is 0 Å². The fraction of sp³-hybridized carbons (Fsp3) is 0.407. The molecule has 3 aromatic rings. The maximum Gasteiger partial charge on any atom is 0.317 e. The lowest BCUT2D eigenvalue weighted by Crippen LogP contribution is -2.52. The molecule has 1 atom stereocenters. The molecule has 2 N–H and O–H groups in total. The smallest absolute Gasteiger partial charge is 0.317 e. The van der Waals surface area contributed by atoms with Crippen molar-refractivity contribution in [2.75, 3.05) is 26.2 Å². The third-order valence-electron chi connectivity index (χ3n) is 7.46. The second kappa shape index (κ2) is 9.54. The Balaban J connectivity index is 1.11. The van der Waals surface area contributed by atoms with E-state index in [0.717, 1.165) is 54.1 Å². The van der Waals surface area contributed by atoms with Gasteiger partial charge in [-0.3, -0.25) is 10.00 Å². The molecule has 0 saturated carbocycles. The fourth-order valence-corrected chi connectivity index (χ4v) is 5.53. The van der Waals surface area contributed by atoms with Crippen LogP contribution in [-0.4, -0.2) is 58.3 Å². The van der Waals surface area contributed by atoms with E-state index in [0.29, 0.717) is 32.7 Å². The zero-order valence-electron chi connectivity index (χ0n) is 20.0. The molecule has 9 heteroatoms. The summed E-state index contributed by atoms with van der Waals surface area (Å²) in [5.41, 5.74) is 5.30. The molecule has 36 heavy (non-hydrogen) atoms. The first kappa shape index (κ1) is 23.0. The van der Waals surface area contributed by atoms with Gasteiger partial charge in [0.1, 0.15) is 17.4 Å². The third kappa shape index (κ3) is 4.43. The Morgan fingerprint density at radius 1 is 1.17 bits per heavy atom. The van der Waals surface area contributed by atoms with Crippen molar-refractivity contribution < 1.29 is 18.3 Å². The number of likely N-dealkylation sites (tertiary alicyclic amines) is 1. The van der Waals surface area contributed by atoms with Crippen molar-refractivity contribution in [3.8, 4) is 17.0 Å². The number of aromatic amines is 1. The average molecular weight is 494 g/mol. The number of ether oxygens (including phenoxy) is 1. The van der Waals surface area contributed by atoms with E-state index in [1.807, 2.05) is 21.9 Å². The lowest BCUT2D eigenvalue weighted by molar-refractivity contribution is 0.158. The normalized spacial score (nSPS) is 19.5. The summed E-state index contributed by atoms with van der Waals surface area (Å²) in [6, 6.07) is 9.92. The Hall–Kier alpha value is -3.46. The monoisotopic (exact) mass is 493 g/mol. The lowest BCUT2D eigenvalue weighted by Gasteiger charge is -2.35. The summed E-state index contributed by atoms with van der Waals surface area (Å²) in [4.78, 5) is 17.0. The minimum absolute atomic E-state index is 0.0667. The van der Waals surface area contributed by atoms with Crippen molar-refractivity contribution in [2.24, 2.45) is 0 Å². The molecule has 3 aliphatic heterocycles. The molecule has 1 fully saturated rings. The van der Waals surface area contributed by atoms with Crippen LogP contribution in [0.15, 0.2) is 36.4 Å². The summed E-state index contributed by atoms with van der Waals surface area (Å²) in [6.45, 7) is 3.30. The molecule has 6 rings (SSSR count). The fourth-order valence-electron chi connectivity index (χ4n) is 5.53. The van der Waals surface area contributed by atoms with Gasteiger partial charge in [-0.05, 0) is 55.3 Å². The number of fused-ring (bicyclic) bond motifs is 2. The number of H-pyrrole nitrogens is 1. The van der Waals surface area contributed by atoms with Crippen LogP contribution in [0.1, 0.15) is 35.2 Å². The van der Waals surface area contributed by atoms with Crippen molar-refractivity contribution in [2.45, 2.75) is 44.8 Å². The van der Waals surface area contributed by atoms with E-state index < -0.39 is 11.6 Å². The van der Waals surface area contributed by atoms with E-state index in [4.69, 9.17) is 4.74 Å². The summed E-state index contributed by atoms with van der Waals surface area (Å²) < 4.78 is 33.9. The van der Waals surface area contributed by atoms with Gasteiger partial charge < -0.3 is 15.0 Å². The molecular weight excluding hydrogens is 464 g/mol. The number of nitrogens with one attached hydrogen (secondary N) is 2. The van der Waals surface area contributed by atoms with Gasteiger partial charge in [-0.15, -0.1) is 0 Å². The van der Waals surface area contributed by atoms with Crippen LogP contribution in [0, 0.1) is 11.6 Å². The number of hydrogen-bond donors (Lipinski definition) is 2. The van der Waals surface area contributed by atoms with Gasteiger partial charge in [-0.2, -0.15) is 5.10 Å². The van der Waals surface area contributed by atoms with Crippen LogP contribution in [-0.2, 0) is 25.9 Å². The molecule has 3 aliphatic rings. The Labute approximate surface area is 208 Å². The highest BCUT2D eigenvalue weighted by Gasteiger charge is 2.29. The van der Waals surface area contributed by atoms with Crippen molar-refractivity contribution in [1.29, 1.82) is 0 Å². The second-order valence-electron chi connectivity index (χ2n) is 9.85. The van der Waals surface area contributed by atoms with Gasteiger partial charge in [0.2, 0.25) is 0 Å². The molecule has 0 radical (unpaired) electrons. The maximum atomic E-state index is 14.1. The average Bonchev–Trinajstić information content (AvgIpc) is 3.52. The topological polar surface area (TPSA) is 73.5 Å². The lowest BCUT2D eigenvalue weighted by atomic mass is 9.99. The number of benzene rings is 2. The van der Waals surface area contributed by atoms with Gasteiger partial charge in [0.05, 0.1) is 18.8 Å². The predicted molar refractivity (Wildman–Crippen MR) is 131 cm³/mol. The molecular formula is C27H29F2N5O2. The number of carbonyl (C=O) groups excluding carboxylic acids is 1. The van der Waals surface area contributed by atoms with E-state index in [1.165, 1.54) is 23.8 Å². The molecule has 0 aliphatic carbocycles. The summed E-state index contributed by atoms with van der Waals surface area (Å²) in [5.74, 6) is -0.127. The SMILES string of the molecule is O=C(N[C@@H]1CCCN(Cc2c(F)cccc2F)C1)N1CCc2[nH]nc(-c3ccc4c(c3)CCO4)c2C1. The predicted octanol–water partition coefficient (Wildman–Crippen LogP) is 4.02. The van der Waals surface area contributed by atoms with Gasteiger partial charge in [-0.25, -0.2) is 13.6 Å². The molecule has 0 bridgehead atoms. The summed E-state index contributed by atoms with van der Waals surface area (Å²) in [5, 5.41) is 10.9. The van der Waals surface area contributed by atoms with Gasteiger partial charge in [0.15, 0.2) is 0 Å². The number of piperidine rings is 1. The second-order valence-corrected chi connectivity index (χ2v) is 9.85. The van der Waals surface area contributed by atoms with E-state index in [9.17, 15) is 13.6 Å². The molecule has 1 aromatic heterocycles. The number of urea groups is 1. The third-order valence-corrected chi connectivity index (χ3v) is 7.46. The Morgan fingerprint density at radius 2 is 2.03 bits per heavy atom. The summed E-state index contributed by atoms with van der Waals surface area (Å²) >= 11 is 0. The van der Waals surface area contributed by atoms with Crippen molar-refractivity contribution in [3.63, 3.8) is 0 Å². The van der Waals surface area contributed by atoms with Crippen LogP contribution in [0.5, 0.6) is 5.75 Å². The molecule has 2 aromatic carbocycles. The quantitative estimate of drug-likeness (QED) is 0.576. The highest BCUT2D eigenvalue weighted by molar-refractivity contribution is 5.76. The minimum Gasteiger partial charge on any atom is -0.493 e. The number of halogens is 2. The summed E-state index contributed by atoms with van der Waals surface area (Å²) in [6.07, 6.45) is 3.31. The standard InChI is InChI=1S/C27H29F2N5O2/c28-22-4-1-5-23(29)20(22)15-33-10-2-3-19(14-33)30-27(35)34-11-8-24-21(16-34)26(32-31-24)18-6-7-25-17(13-18)9-12-36-25/h1,4-7,13,19H,2-3,8-12,14-16H2,(H,30,35)(H,31,32)/t19-/m1/s1. The number of hydrogen-bond acceptors (Lipinski definition) is 4. The number of amides is 2. The van der Waals surface area contributed by atoms with Gasteiger partial charge in [0.25, 0.3) is 0 Å². The maximum absolute atomic E-state index is 14.1. The van der Waals surface area contributed by atoms with Crippen LogP contribution in [0.4, 0.5) is 13.6 Å². The molecule has 188 valence electrons. The molecule has 0 spiro atoms. The van der Waals surface area contributed by atoms with Crippen molar-refractivity contribution >= 4 is 6.03 Å². The number of aromatic nitrogens is 2. The van der Waals surface area contributed by atoms with Crippen LogP contribution in [0.3, 0.4) is 0 Å². The number of carbonyl (C=O) groups is 1. The molecule has 1 saturated heterocycles. The van der Waals surface area contributed by atoms with Gasteiger partial charge in [0, 0.05) is 60.9 Å². The highest BCUT2D eigenvalue weighted by atomic mass is 19.1. The Bertz CT molecular complexity index is 1270. The molecule has 4 heterocycles. The van der Waals surface area contributed by atoms with Crippen LogP contribution < -0.4 is 10.1 Å². The first-order valence-corrected chi connectivity index (χ1v) is 12.6. The first-order valence-electron chi connectivity index (χ1n) is 12.6. The van der Waals surface area contributed by atoms with Crippen molar-refractivity contribution in [3.05, 3.63) is 70.4 Å². The van der Waals surface area contributed by atoms with E-state index in [2.05, 4.69) is 21.6 Å². The molecule has 7 nitrogen and oxygen atoms in total. The zero-order valence-corrected chi connectivity index (χ0v) is 20.0. The minimum atomic E-state index is -0.530. The van der Waals surface area contributed by atoms with Gasteiger partial charge >= 0.3 is 6.03 Å². The number of rotatable bonds is 4. The van der Waals surface area contributed by atoms with E-state index in [1.54, 1.807) is 0 Å². The van der Waals surface area contributed by atoms with E-state index >= 15 is 0 Å². The van der Waals surface area contributed by atoms with Crippen LogP contribution in [0.2, 0.25) is 0 Å². The Morgan fingerprint density at radius 3 is 2.89 bits per heavy atom. The molecule has 2 amide bonds. The summed E-state index contributed by atoms with van der Waals surface area (Å²) in [7, 11) is 0. The van der Waals surface area contributed by atoms with E-state index in [-0.39, 0.29) is 24.2 Å². The largest absolute Gasteiger partial charge is 0.493 e. The first-order chi connectivity index (χ1) is 17.5. The highest BCUT2D eigenvalue weighted by Crippen LogP contribution is 2.33. The number of nitrogens with zero attached hydrogens (tertiary/aromatic N) is 3. The van der Waals surface area contributed by atoms with Crippen molar-refractivity contribution in [1.82, 2.24) is 25.3 Å².